The molecular weight excluding hydrogens is 709 g/mol. The summed E-state index contributed by atoms with van der Waals surface area (Å²) in [5.74, 6) is 1.82. The average Bonchev–Trinajstić information content (AvgIpc) is 3.82. The van der Waals surface area contributed by atoms with Gasteiger partial charge in [-0.3, -0.25) is 0 Å². The molecule has 0 fully saturated rings. The Morgan fingerprint density at radius 1 is 0.379 bits per heavy atom. The molecule has 5 heteroatoms. The number of benzene rings is 8. The number of aryl methyl sites for hydroxylation is 2. The van der Waals surface area contributed by atoms with Gasteiger partial charge in [0.05, 0.1) is 16.7 Å². The van der Waals surface area contributed by atoms with E-state index in [4.69, 9.17) is 19.4 Å². The van der Waals surface area contributed by atoms with Crippen molar-refractivity contribution >= 4 is 43.7 Å². The Hall–Kier alpha value is -7.63. The van der Waals surface area contributed by atoms with Crippen molar-refractivity contribution in [2.24, 2.45) is 0 Å². The van der Waals surface area contributed by atoms with E-state index >= 15 is 0 Å². The summed E-state index contributed by atoms with van der Waals surface area (Å²) in [6, 6.07) is 63.8. The molecular formula is C53H36N4O. The zero-order chi connectivity index (χ0) is 38.7. The Labute approximate surface area is 335 Å². The summed E-state index contributed by atoms with van der Waals surface area (Å²) in [6.45, 7) is 4.32. The fourth-order valence-corrected chi connectivity index (χ4v) is 8.57. The number of rotatable bonds is 6. The molecule has 0 aliphatic rings. The van der Waals surface area contributed by atoms with Crippen molar-refractivity contribution < 1.29 is 4.42 Å². The Bertz CT molecular complexity index is 3280. The van der Waals surface area contributed by atoms with Crippen molar-refractivity contribution in [3.05, 3.63) is 193 Å². The van der Waals surface area contributed by atoms with Crippen molar-refractivity contribution in [3.8, 4) is 62.1 Å². The van der Waals surface area contributed by atoms with Crippen LogP contribution in [-0.4, -0.2) is 19.5 Å². The third-order valence-electron chi connectivity index (χ3n) is 11.1. The summed E-state index contributed by atoms with van der Waals surface area (Å²) >= 11 is 0. The zero-order valence-corrected chi connectivity index (χ0v) is 32.0. The third-order valence-corrected chi connectivity index (χ3v) is 11.1. The molecule has 3 heterocycles. The second kappa shape index (κ2) is 13.5. The molecule has 0 aliphatic heterocycles. The van der Waals surface area contributed by atoms with E-state index in [1.807, 2.05) is 54.6 Å². The second-order valence-electron chi connectivity index (χ2n) is 15.0. The molecule has 3 aromatic heterocycles. The van der Waals surface area contributed by atoms with Crippen LogP contribution in [0.15, 0.2) is 186 Å². The second-order valence-corrected chi connectivity index (χ2v) is 15.0. The Kier molecular flexibility index (Phi) is 7.86. The molecule has 0 saturated heterocycles. The highest BCUT2D eigenvalue weighted by atomic mass is 16.3. The molecule has 0 atom stereocenters. The van der Waals surface area contributed by atoms with Crippen LogP contribution in [0.2, 0.25) is 0 Å². The fourth-order valence-electron chi connectivity index (χ4n) is 8.57. The van der Waals surface area contributed by atoms with E-state index in [-0.39, 0.29) is 0 Å². The summed E-state index contributed by atoms with van der Waals surface area (Å²) in [5.41, 5.74) is 14.6. The average molecular weight is 745 g/mol. The van der Waals surface area contributed by atoms with Gasteiger partial charge in [-0.25, -0.2) is 15.0 Å². The van der Waals surface area contributed by atoms with Gasteiger partial charge in [0.1, 0.15) is 11.2 Å². The molecule has 8 aromatic carbocycles. The SMILES string of the molecule is Cc1cc(C)cc(-c2ccc3c4ccccc4n(-c4ccc(-c5cccc6oc7ccccc7c56)cc4-c4nc(-c5ccccc5)nc(-c5ccccc5)n4)c3c2)c1. The zero-order valence-electron chi connectivity index (χ0n) is 32.0. The van der Waals surface area contributed by atoms with Crippen LogP contribution < -0.4 is 0 Å². The first-order valence-corrected chi connectivity index (χ1v) is 19.6. The number of hydrogen-bond acceptors (Lipinski definition) is 4. The highest BCUT2D eigenvalue weighted by Gasteiger charge is 2.22. The molecule has 0 aliphatic carbocycles. The Morgan fingerprint density at radius 2 is 0.983 bits per heavy atom. The molecule has 5 nitrogen and oxygen atoms in total. The lowest BCUT2D eigenvalue weighted by Crippen LogP contribution is -2.04. The van der Waals surface area contributed by atoms with Crippen LogP contribution in [0.5, 0.6) is 0 Å². The van der Waals surface area contributed by atoms with Crippen LogP contribution in [0.1, 0.15) is 11.1 Å². The molecule has 11 rings (SSSR count). The maximum absolute atomic E-state index is 6.36. The lowest BCUT2D eigenvalue weighted by molar-refractivity contribution is 0.669. The van der Waals surface area contributed by atoms with Gasteiger partial charge in [0, 0.05) is 38.2 Å². The van der Waals surface area contributed by atoms with Crippen molar-refractivity contribution in [1.82, 2.24) is 19.5 Å². The van der Waals surface area contributed by atoms with Gasteiger partial charge in [-0.1, -0.05) is 157 Å². The van der Waals surface area contributed by atoms with Gasteiger partial charge in [-0.15, -0.1) is 0 Å². The largest absolute Gasteiger partial charge is 0.456 e. The van der Waals surface area contributed by atoms with Crippen LogP contribution in [0.3, 0.4) is 0 Å². The smallest absolute Gasteiger partial charge is 0.166 e. The molecule has 0 radical (unpaired) electrons. The molecule has 0 amide bonds. The van der Waals surface area contributed by atoms with E-state index < -0.39 is 0 Å². The van der Waals surface area contributed by atoms with Gasteiger partial charge < -0.3 is 8.98 Å². The minimum atomic E-state index is 0.588. The maximum Gasteiger partial charge on any atom is 0.166 e. The molecule has 0 spiro atoms. The van der Waals surface area contributed by atoms with Crippen molar-refractivity contribution in [1.29, 1.82) is 0 Å². The van der Waals surface area contributed by atoms with Crippen LogP contribution in [0.25, 0.3) is 106 Å². The first-order chi connectivity index (χ1) is 28.6. The molecule has 0 unspecified atom stereocenters. The standard InChI is InChI=1S/C53H36N4O/c1-33-28-34(2)30-39(29-33)37-24-26-42-41-18-9-11-21-45(41)57(47(42)32-37)46-27-25-38(40-20-13-23-49-50(40)43-19-10-12-22-48(43)58-49)31-44(46)53-55-51(35-14-5-3-6-15-35)54-52(56-53)36-16-7-4-8-17-36/h3-32H,1-2H3. The monoisotopic (exact) mass is 744 g/mol. The van der Waals surface area contributed by atoms with Crippen LogP contribution >= 0.6 is 0 Å². The number of hydrogen-bond donors (Lipinski definition) is 0. The first-order valence-electron chi connectivity index (χ1n) is 19.6. The Balaban J connectivity index is 1.23. The van der Waals surface area contributed by atoms with E-state index in [9.17, 15) is 0 Å². The summed E-state index contributed by atoms with van der Waals surface area (Å²) in [6.07, 6.45) is 0. The van der Waals surface area contributed by atoms with E-state index in [2.05, 4.69) is 146 Å². The van der Waals surface area contributed by atoms with Crippen LogP contribution in [0.4, 0.5) is 0 Å². The maximum atomic E-state index is 6.36. The Morgan fingerprint density at radius 3 is 1.72 bits per heavy atom. The minimum Gasteiger partial charge on any atom is -0.456 e. The van der Waals surface area contributed by atoms with Gasteiger partial charge >= 0.3 is 0 Å². The molecule has 0 N–H and O–H groups in total. The fraction of sp³-hybridized carbons (Fsp3) is 0.0377. The number of para-hydroxylation sites is 2. The highest BCUT2D eigenvalue weighted by molar-refractivity contribution is 6.13. The van der Waals surface area contributed by atoms with E-state index in [1.54, 1.807) is 0 Å². The van der Waals surface area contributed by atoms with Crippen LogP contribution in [0, 0.1) is 13.8 Å². The number of fused-ring (bicyclic) bond motifs is 6. The van der Waals surface area contributed by atoms with E-state index in [0.29, 0.717) is 17.5 Å². The number of aromatic nitrogens is 4. The normalized spacial score (nSPS) is 11.6. The van der Waals surface area contributed by atoms with E-state index in [1.165, 1.54) is 27.5 Å². The predicted octanol–water partition coefficient (Wildman–Crippen LogP) is 13.8. The molecule has 0 saturated carbocycles. The van der Waals surface area contributed by atoms with E-state index in [0.717, 1.165) is 72.0 Å². The van der Waals surface area contributed by atoms with Crippen LogP contribution in [-0.2, 0) is 0 Å². The molecule has 0 bridgehead atoms. The summed E-state index contributed by atoms with van der Waals surface area (Å²) < 4.78 is 8.75. The van der Waals surface area contributed by atoms with Gasteiger partial charge in [-0.05, 0) is 72.5 Å². The third kappa shape index (κ3) is 5.67. The van der Waals surface area contributed by atoms with Crippen molar-refractivity contribution in [3.63, 3.8) is 0 Å². The topological polar surface area (TPSA) is 56.7 Å². The lowest BCUT2D eigenvalue weighted by atomic mass is 9.96. The summed E-state index contributed by atoms with van der Waals surface area (Å²) in [4.78, 5) is 15.7. The lowest BCUT2D eigenvalue weighted by Gasteiger charge is -2.17. The first kappa shape index (κ1) is 33.7. The highest BCUT2D eigenvalue weighted by Crippen LogP contribution is 2.42. The number of furan rings is 1. The predicted molar refractivity (Wildman–Crippen MR) is 238 cm³/mol. The molecule has 58 heavy (non-hydrogen) atoms. The van der Waals surface area contributed by atoms with Crippen molar-refractivity contribution in [2.45, 2.75) is 13.8 Å². The summed E-state index contributed by atoms with van der Waals surface area (Å²) in [7, 11) is 0. The van der Waals surface area contributed by atoms with Gasteiger partial charge in [0.25, 0.3) is 0 Å². The summed E-state index contributed by atoms with van der Waals surface area (Å²) in [5, 5.41) is 4.52. The minimum absolute atomic E-state index is 0.588. The molecule has 274 valence electrons. The van der Waals surface area contributed by atoms with Gasteiger partial charge in [0.15, 0.2) is 17.5 Å². The number of nitrogens with zero attached hydrogens (tertiary/aromatic N) is 4. The van der Waals surface area contributed by atoms with Gasteiger partial charge in [-0.2, -0.15) is 0 Å². The van der Waals surface area contributed by atoms with Crippen molar-refractivity contribution in [2.75, 3.05) is 0 Å². The quantitative estimate of drug-likeness (QED) is 0.170. The molecule has 11 aromatic rings. The van der Waals surface area contributed by atoms with Gasteiger partial charge in [0.2, 0.25) is 0 Å².